The van der Waals surface area contributed by atoms with Crippen LogP contribution in [0.2, 0.25) is 0 Å². The van der Waals surface area contributed by atoms with Gasteiger partial charge in [0, 0.05) is 24.5 Å². The van der Waals surface area contributed by atoms with Gasteiger partial charge in [0.25, 0.3) is 5.91 Å². The van der Waals surface area contributed by atoms with Crippen LogP contribution in [0, 0.1) is 5.92 Å². The van der Waals surface area contributed by atoms with E-state index in [1.165, 1.54) is 19.3 Å². The van der Waals surface area contributed by atoms with Crippen molar-refractivity contribution < 1.29 is 14.4 Å². The van der Waals surface area contributed by atoms with Gasteiger partial charge >= 0.3 is 6.03 Å². The summed E-state index contributed by atoms with van der Waals surface area (Å²) in [6.45, 7) is 3.88. The lowest BCUT2D eigenvalue weighted by Gasteiger charge is -2.36. The second kappa shape index (κ2) is 8.05. The number of amides is 4. The quantitative estimate of drug-likeness (QED) is 0.764. The van der Waals surface area contributed by atoms with E-state index in [-0.39, 0.29) is 24.3 Å². The van der Waals surface area contributed by atoms with Gasteiger partial charge in [0.2, 0.25) is 5.91 Å². The van der Waals surface area contributed by atoms with Crippen molar-refractivity contribution in [3.05, 3.63) is 24.3 Å². The fourth-order valence-corrected chi connectivity index (χ4v) is 4.89. The molecule has 3 fully saturated rings. The van der Waals surface area contributed by atoms with Crippen LogP contribution < -0.4 is 15.5 Å². The maximum atomic E-state index is 13.0. The first-order valence-electron chi connectivity index (χ1n) is 10.8. The van der Waals surface area contributed by atoms with E-state index in [0.29, 0.717) is 12.1 Å². The topological polar surface area (TPSA) is 81.8 Å². The third-order valence-corrected chi connectivity index (χ3v) is 6.68. The molecule has 2 saturated heterocycles. The first kappa shape index (κ1) is 19.7. The summed E-state index contributed by atoms with van der Waals surface area (Å²) in [5, 5.41) is 5.70. The number of nitrogens with zero attached hydrogens (tertiary/aromatic N) is 2. The Kier molecular flexibility index (Phi) is 5.48. The molecule has 3 aliphatic rings. The zero-order chi connectivity index (χ0) is 20.4. The molecule has 7 heteroatoms. The van der Waals surface area contributed by atoms with Crippen LogP contribution in [0.25, 0.3) is 0 Å². The van der Waals surface area contributed by atoms with E-state index < -0.39 is 11.6 Å². The standard InChI is InChI=1S/C22H30N4O3/c1-16-7-3-4-12-22(16)20(28)26(21(29)24-22)15-19(27)23-17-8-10-18(11-9-17)25-13-5-2-6-14-25/h8-11,16H,2-7,12-15H2,1H3,(H,23,27)(H,24,29)/t16-,22+/m1/s1. The van der Waals surface area contributed by atoms with Crippen molar-refractivity contribution in [1.82, 2.24) is 10.2 Å². The Bertz CT molecular complexity index is 788. The highest BCUT2D eigenvalue weighted by Gasteiger charge is 2.55. The van der Waals surface area contributed by atoms with Crippen molar-refractivity contribution in [3.8, 4) is 0 Å². The molecule has 7 nitrogen and oxygen atoms in total. The normalized spacial score (nSPS) is 27.3. The Balaban J connectivity index is 1.37. The van der Waals surface area contributed by atoms with Crippen LogP contribution in [-0.2, 0) is 9.59 Å². The number of nitrogens with one attached hydrogen (secondary N) is 2. The van der Waals surface area contributed by atoms with Gasteiger partial charge in [-0.25, -0.2) is 4.79 Å². The Morgan fingerprint density at radius 1 is 1.10 bits per heavy atom. The van der Waals surface area contributed by atoms with Crippen molar-refractivity contribution in [2.24, 2.45) is 5.92 Å². The minimum atomic E-state index is -0.828. The van der Waals surface area contributed by atoms with E-state index >= 15 is 0 Å². The Hall–Kier alpha value is -2.57. The second-order valence-electron chi connectivity index (χ2n) is 8.58. The van der Waals surface area contributed by atoms with Crippen LogP contribution in [0.3, 0.4) is 0 Å². The number of carbonyl (C=O) groups is 3. The smallest absolute Gasteiger partial charge is 0.325 e. The van der Waals surface area contributed by atoms with Crippen LogP contribution in [0.15, 0.2) is 24.3 Å². The average molecular weight is 399 g/mol. The van der Waals surface area contributed by atoms with Crippen LogP contribution in [0.5, 0.6) is 0 Å². The largest absolute Gasteiger partial charge is 0.372 e. The van der Waals surface area contributed by atoms with Crippen molar-refractivity contribution >= 4 is 29.2 Å². The molecule has 2 aliphatic heterocycles. The number of hydrogen-bond donors (Lipinski definition) is 2. The van der Waals surface area contributed by atoms with E-state index in [4.69, 9.17) is 0 Å². The maximum Gasteiger partial charge on any atom is 0.325 e. The minimum Gasteiger partial charge on any atom is -0.372 e. The van der Waals surface area contributed by atoms with Gasteiger partial charge in [0.1, 0.15) is 12.1 Å². The fraction of sp³-hybridized carbons (Fsp3) is 0.591. The number of rotatable bonds is 4. The Labute approximate surface area is 171 Å². The van der Waals surface area contributed by atoms with Gasteiger partial charge in [-0.15, -0.1) is 0 Å². The number of benzene rings is 1. The number of hydrogen-bond acceptors (Lipinski definition) is 4. The molecule has 1 spiro atoms. The molecule has 29 heavy (non-hydrogen) atoms. The molecule has 1 aliphatic carbocycles. The molecule has 1 aromatic rings. The van der Waals surface area contributed by atoms with Gasteiger partial charge in [-0.3, -0.25) is 14.5 Å². The second-order valence-corrected chi connectivity index (χ2v) is 8.58. The molecule has 4 amide bonds. The molecule has 0 unspecified atom stereocenters. The third-order valence-electron chi connectivity index (χ3n) is 6.68. The Morgan fingerprint density at radius 2 is 1.83 bits per heavy atom. The van der Waals surface area contributed by atoms with Crippen molar-refractivity contribution in [1.29, 1.82) is 0 Å². The van der Waals surface area contributed by atoms with Crippen molar-refractivity contribution in [3.63, 3.8) is 0 Å². The first-order chi connectivity index (χ1) is 14.0. The first-order valence-corrected chi connectivity index (χ1v) is 10.8. The summed E-state index contributed by atoms with van der Waals surface area (Å²) < 4.78 is 0. The number of anilines is 2. The van der Waals surface area contributed by atoms with Gasteiger partial charge in [0.15, 0.2) is 0 Å². The van der Waals surface area contributed by atoms with E-state index in [0.717, 1.165) is 42.9 Å². The third kappa shape index (κ3) is 3.82. The molecule has 2 N–H and O–H groups in total. The fourth-order valence-electron chi connectivity index (χ4n) is 4.89. The van der Waals surface area contributed by atoms with Gasteiger partial charge in [-0.1, -0.05) is 19.8 Å². The lowest BCUT2D eigenvalue weighted by molar-refractivity contribution is -0.136. The molecule has 2 heterocycles. The monoisotopic (exact) mass is 398 g/mol. The molecule has 156 valence electrons. The molecular weight excluding hydrogens is 368 g/mol. The molecule has 1 saturated carbocycles. The van der Waals surface area contributed by atoms with E-state index in [1.54, 1.807) is 0 Å². The van der Waals surface area contributed by atoms with E-state index in [2.05, 4.69) is 15.5 Å². The molecule has 4 rings (SSSR count). The Morgan fingerprint density at radius 3 is 2.52 bits per heavy atom. The summed E-state index contributed by atoms with van der Waals surface area (Å²) >= 11 is 0. The van der Waals surface area contributed by atoms with Gasteiger partial charge in [-0.2, -0.15) is 0 Å². The zero-order valence-electron chi connectivity index (χ0n) is 17.1. The predicted molar refractivity (Wildman–Crippen MR) is 112 cm³/mol. The molecule has 0 radical (unpaired) electrons. The lowest BCUT2D eigenvalue weighted by Crippen LogP contribution is -2.54. The van der Waals surface area contributed by atoms with E-state index in [9.17, 15) is 14.4 Å². The van der Waals surface area contributed by atoms with Crippen LogP contribution in [0.1, 0.15) is 51.9 Å². The number of urea groups is 1. The molecule has 1 aromatic carbocycles. The highest BCUT2D eigenvalue weighted by atomic mass is 16.2. The number of carbonyl (C=O) groups excluding carboxylic acids is 3. The molecule has 0 aromatic heterocycles. The van der Waals surface area contributed by atoms with Gasteiger partial charge in [-0.05, 0) is 62.3 Å². The SMILES string of the molecule is C[C@@H]1CCCC[C@]12NC(=O)N(CC(=O)Nc1ccc(N3CCCCC3)cc1)C2=O. The highest BCUT2D eigenvalue weighted by molar-refractivity contribution is 6.10. The summed E-state index contributed by atoms with van der Waals surface area (Å²) in [7, 11) is 0. The molecule has 2 atom stereocenters. The zero-order valence-corrected chi connectivity index (χ0v) is 17.1. The number of piperidine rings is 1. The molecule has 0 bridgehead atoms. The maximum absolute atomic E-state index is 13.0. The molecular formula is C22H30N4O3. The van der Waals surface area contributed by atoms with Crippen LogP contribution in [-0.4, -0.2) is 47.9 Å². The summed E-state index contributed by atoms with van der Waals surface area (Å²) in [5.41, 5.74) is 1.000. The van der Waals surface area contributed by atoms with Crippen molar-refractivity contribution in [2.45, 2.75) is 57.4 Å². The summed E-state index contributed by atoms with van der Waals surface area (Å²) in [5.74, 6) is -0.534. The van der Waals surface area contributed by atoms with Gasteiger partial charge in [0.05, 0.1) is 0 Å². The predicted octanol–water partition coefficient (Wildman–Crippen LogP) is 3.12. The summed E-state index contributed by atoms with van der Waals surface area (Å²) in [6, 6.07) is 7.30. The highest BCUT2D eigenvalue weighted by Crippen LogP contribution is 2.38. The average Bonchev–Trinajstić information content (AvgIpc) is 2.96. The summed E-state index contributed by atoms with van der Waals surface area (Å²) in [4.78, 5) is 41.3. The van der Waals surface area contributed by atoms with Crippen LogP contribution in [0.4, 0.5) is 16.2 Å². The van der Waals surface area contributed by atoms with E-state index in [1.807, 2.05) is 31.2 Å². The van der Waals surface area contributed by atoms with Gasteiger partial charge < -0.3 is 15.5 Å². The lowest BCUT2D eigenvalue weighted by atomic mass is 9.73. The van der Waals surface area contributed by atoms with Crippen molar-refractivity contribution in [2.75, 3.05) is 29.9 Å². The summed E-state index contributed by atoms with van der Waals surface area (Å²) in [6.07, 6.45) is 7.26. The minimum absolute atomic E-state index is 0.0862. The van der Waals surface area contributed by atoms with Crippen LogP contribution >= 0.6 is 0 Å². The number of imide groups is 1.